The second kappa shape index (κ2) is 5.20. The maximum Gasteiger partial charge on any atom is 0.479 e. The van der Waals surface area contributed by atoms with Crippen LogP contribution in [-0.4, -0.2) is 38.4 Å². The Hall–Kier alpha value is -1.85. The molecule has 0 fully saturated rings. The van der Waals surface area contributed by atoms with Gasteiger partial charge < -0.3 is 4.74 Å². The van der Waals surface area contributed by atoms with Crippen LogP contribution in [0.15, 0.2) is 18.5 Å². The van der Waals surface area contributed by atoms with Crippen LogP contribution in [0, 0.1) is 0 Å². The van der Waals surface area contributed by atoms with Crippen LogP contribution in [-0.2, 0) is 4.74 Å². The summed E-state index contributed by atoms with van der Waals surface area (Å²) in [5.41, 5.74) is -0.561. The van der Waals surface area contributed by atoms with Gasteiger partial charge >= 0.3 is 12.1 Å². The van der Waals surface area contributed by atoms with Crippen molar-refractivity contribution in [3.8, 4) is 0 Å². The maximum absolute atomic E-state index is 12.1. The van der Waals surface area contributed by atoms with Crippen molar-refractivity contribution in [2.45, 2.75) is 46.3 Å². The van der Waals surface area contributed by atoms with Crippen LogP contribution >= 0.6 is 0 Å². The Morgan fingerprint density at radius 2 is 2.06 bits per heavy atom. The SMILES string of the molecule is CC(C)N(C(=[NH2+])n1cccn1)C(=O)OC(C)(C)C. The van der Waals surface area contributed by atoms with Gasteiger partial charge in [-0.15, -0.1) is 9.78 Å². The minimum atomic E-state index is -0.561. The minimum Gasteiger partial charge on any atom is -0.432 e. The van der Waals surface area contributed by atoms with Crippen molar-refractivity contribution < 1.29 is 14.9 Å². The zero-order valence-corrected chi connectivity index (χ0v) is 11.5. The number of nitrogens with two attached hydrogens (primary N) is 1. The molecule has 1 aromatic heterocycles. The highest BCUT2D eigenvalue weighted by Crippen LogP contribution is 2.12. The first-order valence-electron chi connectivity index (χ1n) is 5.87. The molecule has 1 heterocycles. The van der Waals surface area contributed by atoms with Crippen LogP contribution in [0.5, 0.6) is 0 Å². The number of hydrogen-bond acceptors (Lipinski definition) is 3. The molecule has 0 aliphatic heterocycles. The fraction of sp³-hybridized carbons (Fsp3) is 0.583. The first-order valence-corrected chi connectivity index (χ1v) is 5.87. The largest absolute Gasteiger partial charge is 0.479 e. The van der Waals surface area contributed by atoms with Gasteiger partial charge in [-0.3, -0.25) is 5.41 Å². The number of rotatable bonds is 1. The number of aromatic nitrogens is 2. The van der Waals surface area contributed by atoms with E-state index in [0.717, 1.165) is 0 Å². The molecule has 0 saturated carbocycles. The van der Waals surface area contributed by atoms with E-state index in [1.165, 1.54) is 9.58 Å². The van der Waals surface area contributed by atoms with Gasteiger partial charge in [-0.1, -0.05) is 0 Å². The summed E-state index contributed by atoms with van der Waals surface area (Å²) in [4.78, 5) is 13.5. The molecule has 0 radical (unpaired) electrons. The Kier molecular flexibility index (Phi) is 4.11. The minimum absolute atomic E-state index is 0.121. The van der Waals surface area contributed by atoms with Crippen LogP contribution in [0.1, 0.15) is 34.6 Å². The number of carbonyl (C=O) groups is 1. The van der Waals surface area contributed by atoms with Gasteiger partial charge in [0.15, 0.2) is 0 Å². The number of hydrogen-bond donors (Lipinski definition) is 1. The smallest absolute Gasteiger partial charge is 0.432 e. The van der Waals surface area contributed by atoms with Crippen LogP contribution < -0.4 is 5.41 Å². The van der Waals surface area contributed by atoms with Crippen LogP contribution in [0.4, 0.5) is 4.79 Å². The topological polar surface area (TPSA) is 73.0 Å². The molecule has 6 heteroatoms. The number of ether oxygens (including phenoxy) is 1. The fourth-order valence-electron chi connectivity index (χ4n) is 1.39. The molecule has 0 spiro atoms. The van der Waals surface area contributed by atoms with Gasteiger partial charge in [-0.25, -0.2) is 4.79 Å². The molecule has 18 heavy (non-hydrogen) atoms. The monoisotopic (exact) mass is 253 g/mol. The van der Waals surface area contributed by atoms with E-state index in [2.05, 4.69) is 5.10 Å². The molecule has 1 rings (SSSR count). The highest BCUT2D eigenvalue weighted by Gasteiger charge is 2.34. The lowest BCUT2D eigenvalue weighted by Crippen LogP contribution is -2.60. The van der Waals surface area contributed by atoms with E-state index >= 15 is 0 Å². The van der Waals surface area contributed by atoms with E-state index in [0.29, 0.717) is 0 Å². The first-order chi connectivity index (χ1) is 8.22. The summed E-state index contributed by atoms with van der Waals surface area (Å²) in [5, 5.41) is 9.95. The van der Waals surface area contributed by atoms with Crippen LogP contribution in [0.2, 0.25) is 0 Å². The quantitative estimate of drug-likeness (QED) is 0.585. The second-order valence-corrected chi connectivity index (χ2v) is 5.25. The van der Waals surface area contributed by atoms with Crippen molar-refractivity contribution in [1.29, 1.82) is 0 Å². The summed E-state index contributed by atoms with van der Waals surface area (Å²) in [5.74, 6) is 0.226. The van der Waals surface area contributed by atoms with Crippen molar-refractivity contribution >= 4 is 12.1 Å². The summed E-state index contributed by atoms with van der Waals surface area (Å²) in [7, 11) is 0. The van der Waals surface area contributed by atoms with Crippen LogP contribution in [0.3, 0.4) is 0 Å². The first kappa shape index (κ1) is 14.2. The fourth-order valence-corrected chi connectivity index (χ4v) is 1.39. The summed E-state index contributed by atoms with van der Waals surface area (Å²) in [6.07, 6.45) is 2.79. The molecule has 0 bridgehead atoms. The lowest BCUT2D eigenvalue weighted by atomic mass is 10.2. The van der Waals surface area contributed by atoms with Gasteiger partial charge in [-0.05, 0) is 40.7 Å². The molecule has 0 atom stereocenters. The van der Waals surface area contributed by atoms with Crippen molar-refractivity contribution in [3.05, 3.63) is 18.5 Å². The van der Waals surface area contributed by atoms with E-state index in [-0.39, 0.29) is 12.0 Å². The average molecular weight is 253 g/mol. The van der Waals surface area contributed by atoms with Gasteiger partial charge in [0.2, 0.25) is 0 Å². The molecule has 0 aliphatic rings. The molecule has 0 unspecified atom stereocenters. The standard InChI is InChI=1S/C12H20N4O2/c1-9(2)16(11(17)18-12(3,4)5)10(13)15-8-6-7-14-15/h6-9,13H,1-5H3/p+1. The highest BCUT2D eigenvalue weighted by atomic mass is 16.6. The van der Waals surface area contributed by atoms with Gasteiger partial charge in [0.05, 0.1) is 18.4 Å². The zero-order valence-electron chi connectivity index (χ0n) is 11.5. The summed E-state index contributed by atoms with van der Waals surface area (Å²) < 4.78 is 6.76. The molecule has 0 aliphatic carbocycles. The lowest BCUT2D eigenvalue weighted by Gasteiger charge is -2.24. The van der Waals surface area contributed by atoms with Crippen molar-refractivity contribution in [2.75, 3.05) is 0 Å². The molecular formula is C12H21N4O2+. The summed E-state index contributed by atoms with van der Waals surface area (Å²) in [6, 6.07) is 1.62. The van der Waals surface area contributed by atoms with Crippen molar-refractivity contribution in [3.63, 3.8) is 0 Å². The van der Waals surface area contributed by atoms with E-state index in [9.17, 15) is 4.79 Å². The summed E-state index contributed by atoms with van der Waals surface area (Å²) in [6.45, 7) is 9.16. The summed E-state index contributed by atoms with van der Waals surface area (Å²) >= 11 is 0. The van der Waals surface area contributed by atoms with Gasteiger partial charge in [0.1, 0.15) is 5.60 Å². The highest BCUT2D eigenvalue weighted by molar-refractivity contribution is 5.91. The number of carbonyl (C=O) groups excluding carboxylic acids is 1. The number of nitrogens with zero attached hydrogens (tertiary/aromatic N) is 3. The third kappa shape index (κ3) is 3.58. The Balaban J connectivity index is 2.90. The van der Waals surface area contributed by atoms with Crippen molar-refractivity contribution in [2.24, 2.45) is 0 Å². The van der Waals surface area contributed by atoms with Gasteiger partial charge in [0.25, 0.3) is 0 Å². The third-order valence-corrected chi connectivity index (χ3v) is 2.09. The van der Waals surface area contributed by atoms with E-state index in [4.69, 9.17) is 10.1 Å². The van der Waals surface area contributed by atoms with E-state index < -0.39 is 11.7 Å². The predicted molar refractivity (Wildman–Crippen MR) is 67.8 cm³/mol. The van der Waals surface area contributed by atoms with E-state index in [1.807, 2.05) is 34.6 Å². The Bertz CT molecular complexity index is 418. The molecule has 6 nitrogen and oxygen atoms in total. The second-order valence-electron chi connectivity index (χ2n) is 5.25. The number of amides is 1. The van der Waals surface area contributed by atoms with Crippen LogP contribution in [0.25, 0.3) is 0 Å². The Morgan fingerprint density at radius 1 is 1.44 bits per heavy atom. The molecule has 0 saturated heterocycles. The molecule has 1 amide bonds. The normalized spacial score (nSPS) is 11.4. The van der Waals surface area contributed by atoms with E-state index in [1.54, 1.807) is 18.5 Å². The Morgan fingerprint density at radius 3 is 2.44 bits per heavy atom. The van der Waals surface area contributed by atoms with Crippen molar-refractivity contribution in [1.82, 2.24) is 14.7 Å². The molecule has 100 valence electrons. The molecule has 2 N–H and O–H groups in total. The van der Waals surface area contributed by atoms with Gasteiger partial charge in [0, 0.05) is 0 Å². The average Bonchev–Trinajstić information content (AvgIpc) is 2.65. The lowest BCUT2D eigenvalue weighted by molar-refractivity contribution is -0.134. The molecular weight excluding hydrogens is 232 g/mol. The maximum atomic E-state index is 12.1. The third-order valence-electron chi connectivity index (χ3n) is 2.09. The predicted octanol–water partition coefficient (Wildman–Crippen LogP) is 0.492. The molecule has 0 aromatic carbocycles. The zero-order chi connectivity index (χ0) is 13.9. The molecule has 1 aromatic rings. The Labute approximate surface area is 107 Å². The van der Waals surface area contributed by atoms with Gasteiger partial charge in [-0.2, -0.15) is 4.90 Å².